The van der Waals surface area contributed by atoms with Gasteiger partial charge in [-0.2, -0.15) is 4.98 Å². The summed E-state index contributed by atoms with van der Waals surface area (Å²) < 4.78 is 62.3. The first-order chi connectivity index (χ1) is 14.5. The zero-order valence-electron chi connectivity index (χ0n) is 16.9. The molecule has 0 radical (unpaired) electrons. The number of nitrogens with two attached hydrogens (primary N) is 1. The monoisotopic (exact) mass is 449 g/mol. The summed E-state index contributed by atoms with van der Waals surface area (Å²) in [6.45, 7) is 4.99. The molecular weight excluding hydrogens is 427 g/mol. The van der Waals surface area contributed by atoms with Crippen molar-refractivity contribution in [2.45, 2.75) is 38.3 Å². The first kappa shape index (κ1) is 24.5. The fraction of sp³-hybridized carbons (Fsp3) is 0.500. The summed E-state index contributed by atoms with van der Waals surface area (Å²) in [5, 5.41) is 10.3. The molecule has 1 aromatic carbocycles. The zero-order valence-corrected chi connectivity index (χ0v) is 16.9. The van der Waals surface area contributed by atoms with E-state index in [0.717, 1.165) is 12.1 Å². The maximum atomic E-state index is 12.6. The largest absolute Gasteiger partial charge is 0.573 e. The number of carbonyl (C=O) groups is 1. The van der Waals surface area contributed by atoms with Gasteiger partial charge in [-0.25, -0.2) is 5.90 Å². The Balaban J connectivity index is 0.00000166. The molecule has 13 heteroatoms. The Morgan fingerprint density at radius 2 is 1.77 bits per heavy atom. The minimum Gasteiger partial charge on any atom is -0.465 e. The second kappa shape index (κ2) is 9.60. The van der Waals surface area contributed by atoms with Crippen LogP contribution in [0.5, 0.6) is 5.75 Å². The Labute approximate surface area is 175 Å². The van der Waals surface area contributed by atoms with Gasteiger partial charge in [0.15, 0.2) is 11.2 Å². The Hall–Kier alpha value is -2.74. The number of alkyl halides is 3. The molecule has 1 aromatic heterocycles. The summed E-state index contributed by atoms with van der Waals surface area (Å²) in [4.78, 5) is 16.9. The van der Waals surface area contributed by atoms with Crippen molar-refractivity contribution in [3.8, 4) is 17.1 Å². The first-order valence-corrected chi connectivity index (χ1v) is 8.96. The maximum absolute atomic E-state index is 12.6. The molecule has 1 aliphatic rings. The number of hydrogen-bond acceptors (Lipinski definition) is 10. The highest BCUT2D eigenvalue weighted by molar-refractivity contribution is 5.82. The van der Waals surface area contributed by atoms with Gasteiger partial charge in [-0.05, 0) is 45.0 Å². The number of nitrogens with zero attached hydrogens (tertiary/aromatic N) is 2. The standard InChI is InChI=1S/C18H19F3N2O6.H3NO/c1-4-25-15(24)17(9-26-16(2,3)27-10-17)14-22-13(23-29-14)11-5-7-12(8-6-11)28-18(19,20)21;1-2/h5-8H,4,9-10H2,1-3H3;2H,1H2. The molecule has 10 nitrogen and oxygen atoms in total. The SMILES string of the molecule is CCOC(=O)C1(c2nc(-c3ccc(OC(F)(F)F)cc3)no2)COC(C)(C)OC1.NO. The van der Waals surface area contributed by atoms with Crippen molar-refractivity contribution in [1.82, 2.24) is 10.1 Å². The van der Waals surface area contributed by atoms with Gasteiger partial charge in [-0.15, -0.1) is 13.2 Å². The molecule has 2 heterocycles. The Morgan fingerprint density at radius 1 is 1.19 bits per heavy atom. The lowest BCUT2D eigenvalue weighted by molar-refractivity contribution is -0.274. The van der Waals surface area contributed by atoms with E-state index < -0.39 is 23.5 Å². The number of carbonyl (C=O) groups excluding carboxylic acids is 1. The van der Waals surface area contributed by atoms with Crippen LogP contribution < -0.4 is 10.6 Å². The van der Waals surface area contributed by atoms with E-state index in [1.165, 1.54) is 12.1 Å². The van der Waals surface area contributed by atoms with Crippen molar-refractivity contribution in [3.05, 3.63) is 30.2 Å². The molecule has 3 N–H and O–H groups in total. The average Bonchev–Trinajstić information content (AvgIpc) is 3.20. The van der Waals surface area contributed by atoms with Crippen LogP contribution >= 0.6 is 0 Å². The molecule has 1 fully saturated rings. The van der Waals surface area contributed by atoms with Gasteiger partial charge < -0.3 is 28.7 Å². The molecule has 0 spiro atoms. The Kier molecular flexibility index (Phi) is 7.59. The van der Waals surface area contributed by atoms with Crippen molar-refractivity contribution in [1.29, 1.82) is 0 Å². The molecule has 3 rings (SSSR count). The fourth-order valence-corrected chi connectivity index (χ4v) is 2.62. The second-order valence-electron chi connectivity index (χ2n) is 6.78. The highest BCUT2D eigenvalue weighted by atomic mass is 19.4. The summed E-state index contributed by atoms with van der Waals surface area (Å²) in [7, 11) is 0. The average molecular weight is 449 g/mol. The van der Waals surface area contributed by atoms with Crippen molar-refractivity contribution in [3.63, 3.8) is 0 Å². The molecule has 1 saturated heterocycles. The number of benzene rings is 1. The van der Waals surface area contributed by atoms with E-state index in [1.54, 1.807) is 20.8 Å². The lowest BCUT2D eigenvalue weighted by atomic mass is 9.88. The summed E-state index contributed by atoms with van der Waals surface area (Å²) >= 11 is 0. The van der Waals surface area contributed by atoms with Gasteiger partial charge >= 0.3 is 12.3 Å². The third-order valence-corrected chi connectivity index (χ3v) is 4.18. The van der Waals surface area contributed by atoms with E-state index in [4.69, 9.17) is 23.9 Å². The lowest BCUT2D eigenvalue weighted by Crippen LogP contribution is -2.54. The van der Waals surface area contributed by atoms with Crippen molar-refractivity contribution < 1.29 is 46.6 Å². The Morgan fingerprint density at radius 3 is 2.29 bits per heavy atom. The summed E-state index contributed by atoms with van der Waals surface area (Å²) in [5.41, 5.74) is -1.08. The minimum atomic E-state index is -4.79. The molecular formula is C18H22F3N3O7. The van der Waals surface area contributed by atoms with Crippen molar-refractivity contribution in [2.24, 2.45) is 5.90 Å². The molecule has 0 aliphatic carbocycles. The van der Waals surface area contributed by atoms with Gasteiger partial charge in [-0.1, -0.05) is 5.16 Å². The Bertz CT molecular complexity index is 859. The number of esters is 1. The minimum absolute atomic E-state index is 0.0722. The summed E-state index contributed by atoms with van der Waals surface area (Å²) in [5.74, 6) is 1.58. The zero-order chi connectivity index (χ0) is 23.3. The van der Waals surface area contributed by atoms with Gasteiger partial charge in [-0.3, -0.25) is 4.79 Å². The van der Waals surface area contributed by atoms with Crippen molar-refractivity contribution >= 4 is 5.97 Å². The molecule has 0 bridgehead atoms. The van der Waals surface area contributed by atoms with Crippen LogP contribution in [0.2, 0.25) is 0 Å². The maximum Gasteiger partial charge on any atom is 0.573 e. The molecule has 0 saturated carbocycles. The normalized spacial score (nSPS) is 17.3. The van der Waals surface area contributed by atoms with Crippen LogP contribution in [-0.2, 0) is 24.4 Å². The van der Waals surface area contributed by atoms with Gasteiger partial charge in [0, 0.05) is 5.56 Å². The first-order valence-electron chi connectivity index (χ1n) is 8.96. The van der Waals surface area contributed by atoms with Crippen molar-refractivity contribution in [2.75, 3.05) is 19.8 Å². The van der Waals surface area contributed by atoms with E-state index >= 15 is 0 Å². The highest BCUT2D eigenvalue weighted by Gasteiger charge is 2.53. The molecule has 172 valence electrons. The fourth-order valence-electron chi connectivity index (χ4n) is 2.62. The van der Waals surface area contributed by atoms with Gasteiger partial charge in [0.1, 0.15) is 5.75 Å². The third kappa shape index (κ3) is 5.91. The van der Waals surface area contributed by atoms with Gasteiger partial charge in [0.05, 0.1) is 19.8 Å². The van der Waals surface area contributed by atoms with Crippen LogP contribution in [0.25, 0.3) is 11.4 Å². The molecule has 31 heavy (non-hydrogen) atoms. The number of halogens is 3. The van der Waals surface area contributed by atoms with Crippen LogP contribution in [0, 0.1) is 0 Å². The van der Waals surface area contributed by atoms with Crippen LogP contribution in [0.3, 0.4) is 0 Å². The number of rotatable bonds is 5. The molecule has 1 aliphatic heterocycles. The van der Waals surface area contributed by atoms with Gasteiger partial charge in [0.2, 0.25) is 11.7 Å². The van der Waals surface area contributed by atoms with E-state index in [0.29, 0.717) is 5.56 Å². The quantitative estimate of drug-likeness (QED) is 0.517. The predicted octanol–water partition coefficient (Wildman–Crippen LogP) is 2.55. The van der Waals surface area contributed by atoms with E-state index in [-0.39, 0.29) is 37.3 Å². The van der Waals surface area contributed by atoms with E-state index in [9.17, 15) is 18.0 Å². The molecule has 0 amide bonds. The topological polar surface area (TPSA) is 139 Å². The smallest absolute Gasteiger partial charge is 0.465 e. The van der Waals surface area contributed by atoms with Gasteiger partial charge in [0.25, 0.3) is 0 Å². The lowest BCUT2D eigenvalue weighted by Gasteiger charge is -2.39. The molecule has 0 unspecified atom stereocenters. The van der Waals surface area contributed by atoms with Crippen LogP contribution in [0.1, 0.15) is 26.7 Å². The van der Waals surface area contributed by atoms with Crippen LogP contribution in [0.15, 0.2) is 28.8 Å². The summed E-state index contributed by atoms with van der Waals surface area (Å²) in [6, 6.07) is 4.91. The number of hydrogen-bond donors (Lipinski definition) is 2. The second-order valence-corrected chi connectivity index (χ2v) is 6.78. The van der Waals surface area contributed by atoms with Crippen LogP contribution in [-0.4, -0.2) is 53.3 Å². The van der Waals surface area contributed by atoms with E-state index in [1.807, 2.05) is 0 Å². The number of aromatic nitrogens is 2. The van der Waals surface area contributed by atoms with E-state index in [2.05, 4.69) is 20.8 Å². The highest BCUT2D eigenvalue weighted by Crippen LogP contribution is 2.35. The summed E-state index contributed by atoms with van der Waals surface area (Å²) in [6.07, 6.45) is -4.79. The van der Waals surface area contributed by atoms with Crippen LogP contribution in [0.4, 0.5) is 13.2 Å². The molecule has 0 atom stereocenters. The number of ether oxygens (including phenoxy) is 4. The predicted molar refractivity (Wildman–Crippen MR) is 96.7 cm³/mol. The molecule has 2 aromatic rings. The third-order valence-electron chi connectivity index (χ3n) is 4.18.